The molecule has 1 rings (SSSR count). The lowest BCUT2D eigenvalue weighted by Crippen LogP contribution is -2.27. The van der Waals surface area contributed by atoms with E-state index in [0.717, 1.165) is 18.8 Å². The van der Waals surface area contributed by atoms with Gasteiger partial charge in [-0.15, -0.1) is 0 Å². The standard InChI is InChI=1S/C17H32O/c1-5-7-8-15(6-2)12-17(18)16-10-13(3)9-14(4)11-16/h9,13,15-18H,5-8,10-12H2,1-4H3. The Morgan fingerprint density at radius 3 is 2.67 bits per heavy atom. The van der Waals surface area contributed by atoms with Crippen molar-refractivity contribution in [1.82, 2.24) is 0 Å². The second-order valence-corrected chi connectivity index (χ2v) is 6.41. The number of rotatable bonds is 7. The smallest absolute Gasteiger partial charge is 0.0574 e. The first kappa shape index (κ1) is 15.8. The minimum absolute atomic E-state index is 0.0853. The van der Waals surface area contributed by atoms with Crippen molar-refractivity contribution >= 4 is 0 Å². The first-order valence-corrected chi connectivity index (χ1v) is 7.92. The summed E-state index contributed by atoms with van der Waals surface area (Å²) < 4.78 is 0. The summed E-state index contributed by atoms with van der Waals surface area (Å²) in [6.45, 7) is 9.00. The highest BCUT2D eigenvalue weighted by molar-refractivity contribution is 5.07. The van der Waals surface area contributed by atoms with E-state index in [-0.39, 0.29) is 6.10 Å². The summed E-state index contributed by atoms with van der Waals surface area (Å²) in [6.07, 6.45) is 10.7. The Hall–Kier alpha value is -0.300. The fourth-order valence-electron chi connectivity index (χ4n) is 3.40. The van der Waals surface area contributed by atoms with Gasteiger partial charge in [0.1, 0.15) is 0 Å². The van der Waals surface area contributed by atoms with Gasteiger partial charge < -0.3 is 5.11 Å². The molecule has 0 heterocycles. The summed E-state index contributed by atoms with van der Waals surface area (Å²) in [5, 5.41) is 10.5. The third kappa shape index (κ3) is 5.14. The maximum absolute atomic E-state index is 10.5. The number of aliphatic hydroxyl groups is 1. The number of allylic oxidation sites excluding steroid dienone is 2. The topological polar surface area (TPSA) is 20.2 Å². The molecule has 0 fully saturated rings. The van der Waals surface area contributed by atoms with Crippen LogP contribution in [0.4, 0.5) is 0 Å². The maximum Gasteiger partial charge on any atom is 0.0574 e. The zero-order valence-corrected chi connectivity index (χ0v) is 12.8. The van der Waals surface area contributed by atoms with Gasteiger partial charge in [-0.05, 0) is 43.9 Å². The molecule has 0 bridgehead atoms. The van der Waals surface area contributed by atoms with Crippen molar-refractivity contribution in [3.8, 4) is 0 Å². The molecule has 0 aromatic heterocycles. The van der Waals surface area contributed by atoms with Gasteiger partial charge >= 0.3 is 0 Å². The van der Waals surface area contributed by atoms with Gasteiger partial charge in [-0.1, -0.05) is 58.1 Å². The molecule has 4 atom stereocenters. The van der Waals surface area contributed by atoms with Gasteiger partial charge in [0.05, 0.1) is 6.10 Å². The van der Waals surface area contributed by atoms with Crippen LogP contribution in [0.1, 0.15) is 72.6 Å². The highest BCUT2D eigenvalue weighted by Crippen LogP contribution is 2.33. The Kier molecular flexibility index (Phi) is 6.99. The van der Waals surface area contributed by atoms with E-state index >= 15 is 0 Å². The van der Waals surface area contributed by atoms with Gasteiger partial charge in [0.2, 0.25) is 0 Å². The molecule has 18 heavy (non-hydrogen) atoms. The fourth-order valence-corrected chi connectivity index (χ4v) is 3.40. The van der Waals surface area contributed by atoms with E-state index in [1.165, 1.54) is 37.7 Å². The molecule has 0 spiro atoms. The molecular weight excluding hydrogens is 220 g/mol. The van der Waals surface area contributed by atoms with Gasteiger partial charge in [0.25, 0.3) is 0 Å². The van der Waals surface area contributed by atoms with Crippen LogP contribution in [-0.2, 0) is 0 Å². The van der Waals surface area contributed by atoms with E-state index in [2.05, 4.69) is 33.8 Å². The largest absolute Gasteiger partial charge is 0.393 e. The number of aliphatic hydroxyl groups excluding tert-OH is 1. The highest BCUT2D eigenvalue weighted by Gasteiger charge is 2.26. The molecule has 1 nitrogen and oxygen atoms in total. The molecule has 0 radical (unpaired) electrons. The summed E-state index contributed by atoms with van der Waals surface area (Å²) in [6, 6.07) is 0. The van der Waals surface area contributed by atoms with Crippen molar-refractivity contribution in [2.45, 2.75) is 78.7 Å². The molecule has 1 heteroatoms. The van der Waals surface area contributed by atoms with E-state index in [1.54, 1.807) is 0 Å². The summed E-state index contributed by atoms with van der Waals surface area (Å²) in [7, 11) is 0. The van der Waals surface area contributed by atoms with Crippen molar-refractivity contribution < 1.29 is 5.11 Å². The third-order valence-electron chi connectivity index (χ3n) is 4.49. The Morgan fingerprint density at radius 1 is 1.39 bits per heavy atom. The molecular formula is C17H32O. The quantitative estimate of drug-likeness (QED) is 0.636. The zero-order valence-electron chi connectivity index (χ0n) is 12.8. The van der Waals surface area contributed by atoms with Crippen molar-refractivity contribution in [3.05, 3.63) is 11.6 Å². The molecule has 1 aliphatic rings. The Labute approximate surface area is 114 Å². The molecule has 0 aromatic carbocycles. The number of hydrogen-bond acceptors (Lipinski definition) is 1. The van der Waals surface area contributed by atoms with E-state index in [0.29, 0.717) is 11.8 Å². The van der Waals surface area contributed by atoms with Crippen LogP contribution in [0.2, 0.25) is 0 Å². The van der Waals surface area contributed by atoms with Gasteiger partial charge in [-0.2, -0.15) is 0 Å². The van der Waals surface area contributed by atoms with E-state index in [4.69, 9.17) is 0 Å². The van der Waals surface area contributed by atoms with E-state index in [1.807, 2.05) is 0 Å². The molecule has 106 valence electrons. The van der Waals surface area contributed by atoms with Crippen LogP contribution in [0.5, 0.6) is 0 Å². The summed E-state index contributed by atoms with van der Waals surface area (Å²) in [5.41, 5.74) is 1.47. The Bertz CT molecular complexity index is 256. The summed E-state index contributed by atoms with van der Waals surface area (Å²) >= 11 is 0. The second kappa shape index (κ2) is 7.99. The summed E-state index contributed by atoms with van der Waals surface area (Å²) in [4.78, 5) is 0. The van der Waals surface area contributed by atoms with Crippen molar-refractivity contribution in [2.75, 3.05) is 0 Å². The predicted octanol–water partition coefficient (Wildman–Crippen LogP) is 4.95. The number of unbranched alkanes of at least 4 members (excludes halogenated alkanes) is 1. The maximum atomic E-state index is 10.5. The van der Waals surface area contributed by atoms with Crippen LogP contribution in [0.3, 0.4) is 0 Å². The Morgan fingerprint density at radius 2 is 2.11 bits per heavy atom. The molecule has 0 saturated carbocycles. The minimum Gasteiger partial charge on any atom is -0.393 e. The Balaban J connectivity index is 2.43. The highest BCUT2D eigenvalue weighted by atomic mass is 16.3. The van der Waals surface area contributed by atoms with Crippen LogP contribution >= 0.6 is 0 Å². The molecule has 0 amide bonds. The van der Waals surface area contributed by atoms with Crippen LogP contribution < -0.4 is 0 Å². The lowest BCUT2D eigenvalue weighted by atomic mass is 9.77. The van der Waals surface area contributed by atoms with Crippen LogP contribution in [0, 0.1) is 17.8 Å². The van der Waals surface area contributed by atoms with Gasteiger partial charge in [0.15, 0.2) is 0 Å². The second-order valence-electron chi connectivity index (χ2n) is 6.41. The number of hydrogen-bond donors (Lipinski definition) is 1. The zero-order chi connectivity index (χ0) is 13.5. The summed E-state index contributed by atoms with van der Waals surface area (Å²) in [5.74, 6) is 1.87. The third-order valence-corrected chi connectivity index (χ3v) is 4.49. The molecule has 0 aromatic rings. The lowest BCUT2D eigenvalue weighted by Gasteiger charge is -2.31. The SMILES string of the molecule is CCCCC(CC)CC(O)C1CC(C)=CC(C)C1. The monoisotopic (exact) mass is 252 g/mol. The predicted molar refractivity (Wildman–Crippen MR) is 79.6 cm³/mol. The van der Waals surface area contributed by atoms with Crippen molar-refractivity contribution in [3.63, 3.8) is 0 Å². The average molecular weight is 252 g/mol. The average Bonchev–Trinajstić information content (AvgIpc) is 2.32. The fraction of sp³-hybridized carbons (Fsp3) is 0.882. The van der Waals surface area contributed by atoms with E-state index in [9.17, 15) is 5.11 Å². The van der Waals surface area contributed by atoms with Gasteiger partial charge in [0, 0.05) is 0 Å². The van der Waals surface area contributed by atoms with Crippen LogP contribution in [0.25, 0.3) is 0 Å². The molecule has 0 aliphatic heterocycles. The normalized spacial score (nSPS) is 27.7. The van der Waals surface area contributed by atoms with Gasteiger partial charge in [-0.25, -0.2) is 0 Å². The minimum atomic E-state index is -0.0853. The lowest BCUT2D eigenvalue weighted by molar-refractivity contribution is 0.0666. The first-order chi connectivity index (χ1) is 8.56. The van der Waals surface area contributed by atoms with Crippen LogP contribution in [-0.4, -0.2) is 11.2 Å². The van der Waals surface area contributed by atoms with Gasteiger partial charge in [-0.3, -0.25) is 0 Å². The molecule has 0 saturated heterocycles. The van der Waals surface area contributed by atoms with E-state index < -0.39 is 0 Å². The first-order valence-electron chi connectivity index (χ1n) is 7.92. The molecule has 1 aliphatic carbocycles. The van der Waals surface area contributed by atoms with Crippen molar-refractivity contribution in [2.24, 2.45) is 17.8 Å². The van der Waals surface area contributed by atoms with Crippen molar-refractivity contribution in [1.29, 1.82) is 0 Å². The molecule has 4 unspecified atom stereocenters. The molecule has 1 N–H and O–H groups in total. The van der Waals surface area contributed by atoms with Crippen LogP contribution in [0.15, 0.2) is 11.6 Å².